The normalized spacial score (nSPS) is 29.4. The van der Waals surface area contributed by atoms with Gasteiger partial charge in [0.25, 0.3) is 0 Å². The van der Waals surface area contributed by atoms with Gasteiger partial charge in [-0.05, 0) is 50.5 Å². The van der Waals surface area contributed by atoms with E-state index in [0.717, 1.165) is 29.8 Å². The molecular weight excluding hydrogens is 292 g/mol. The molecule has 0 aliphatic carbocycles. The largest absolute Gasteiger partial charge is 0.497 e. The lowest BCUT2D eigenvalue weighted by Gasteiger charge is -2.44. The number of rotatable bonds is 2. The summed E-state index contributed by atoms with van der Waals surface area (Å²) in [5, 5.41) is 1.18. The molecule has 2 aromatic rings. The first-order valence-corrected chi connectivity index (χ1v) is 8.14. The van der Waals surface area contributed by atoms with E-state index in [0.29, 0.717) is 6.54 Å². The van der Waals surface area contributed by atoms with Gasteiger partial charge in [-0.1, -0.05) is 6.92 Å². The number of nitrogens with one attached hydrogen (secondary N) is 1. The Balaban J connectivity index is 1.99. The minimum Gasteiger partial charge on any atom is -0.497 e. The molecular formula is C18H22N2O3. The van der Waals surface area contributed by atoms with Crippen molar-refractivity contribution in [2.75, 3.05) is 13.7 Å². The van der Waals surface area contributed by atoms with Crippen LogP contribution in [-0.2, 0) is 16.7 Å². The number of H-pyrrole nitrogens is 1. The first kappa shape index (κ1) is 14.4. The second-order valence-electron chi connectivity index (χ2n) is 6.82. The molecule has 1 N–H and O–H groups in total. The number of carbonyl (C=O) groups is 1. The number of methoxy groups -OCH3 is 1. The number of cyclic esters (lactones) is 1. The van der Waals surface area contributed by atoms with Crippen molar-refractivity contribution in [2.45, 2.75) is 44.8 Å². The molecule has 23 heavy (non-hydrogen) atoms. The summed E-state index contributed by atoms with van der Waals surface area (Å²) < 4.78 is 11.2. The molecule has 2 aliphatic heterocycles. The van der Waals surface area contributed by atoms with Crippen LogP contribution < -0.4 is 4.74 Å². The van der Waals surface area contributed by atoms with Gasteiger partial charge in [0.2, 0.25) is 0 Å². The van der Waals surface area contributed by atoms with Crippen LogP contribution in [-0.4, -0.2) is 35.2 Å². The molecule has 0 saturated carbocycles. The van der Waals surface area contributed by atoms with E-state index < -0.39 is 11.1 Å². The Hall–Kier alpha value is -2.17. The molecule has 0 unspecified atom stereocenters. The van der Waals surface area contributed by atoms with E-state index in [1.165, 1.54) is 10.9 Å². The van der Waals surface area contributed by atoms with Gasteiger partial charge in [0.15, 0.2) is 0 Å². The standard InChI is InChI=1S/C18H22N2O3/c1-5-17(2)18(3)15-12(8-9-20(18)16(21)23-17)13-10-11(22-4)6-7-14(13)19-15/h6-7,10,19H,5,8-9H2,1-4H3/t17-,18-/m1/s1. The number of benzene rings is 1. The minimum atomic E-state index is -0.537. The average Bonchev–Trinajstić information content (AvgIpc) is 3.02. The van der Waals surface area contributed by atoms with Gasteiger partial charge in [0.1, 0.15) is 16.9 Å². The lowest BCUT2D eigenvalue weighted by Crippen LogP contribution is -2.55. The highest BCUT2D eigenvalue weighted by Crippen LogP contribution is 2.52. The highest BCUT2D eigenvalue weighted by atomic mass is 16.6. The monoisotopic (exact) mass is 314 g/mol. The van der Waals surface area contributed by atoms with E-state index >= 15 is 0 Å². The molecule has 5 heteroatoms. The maximum atomic E-state index is 12.4. The maximum Gasteiger partial charge on any atom is 0.411 e. The molecule has 3 heterocycles. The quantitative estimate of drug-likeness (QED) is 0.922. The topological polar surface area (TPSA) is 54.6 Å². The average molecular weight is 314 g/mol. The number of aromatic nitrogens is 1. The number of aromatic amines is 1. The van der Waals surface area contributed by atoms with E-state index in [1.807, 2.05) is 24.0 Å². The Labute approximate surface area is 135 Å². The number of carbonyl (C=O) groups excluding carboxylic acids is 1. The minimum absolute atomic E-state index is 0.210. The summed E-state index contributed by atoms with van der Waals surface area (Å²) in [7, 11) is 1.68. The summed E-state index contributed by atoms with van der Waals surface area (Å²) in [6, 6.07) is 6.07. The van der Waals surface area contributed by atoms with Crippen LogP contribution in [0.15, 0.2) is 18.2 Å². The second kappa shape index (κ2) is 4.43. The molecule has 0 radical (unpaired) electrons. The van der Waals surface area contributed by atoms with E-state index in [-0.39, 0.29) is 6.09 Å². The Morgan fingerprint density at radius 1 is 1.39 bits per heavy atom. The van der Waals surface area contributed by atoms with Crippen molar-refractivity contribution in [3.05, 3.63) is 29.5 Å². The number of hydrogen-bond acceptors (Lipinski definition) is 3. The summed E-state index contributed by atoms with van der Waals surface area (Å²) >= 11 is 0. The Morgan fingerprint density at radius 3 is 2.87 bits per heavy atom. The van der Waals surface area contributed by atoms with Gasteiger partial charge in [0, 0.05) is 23.1 Å². The summed E-state index contributed by atoms with van der Waals surface area (Å²) in [5.74, 6) is 0.851. The first-order valence-electron chi connectivity index (χ1n) is 8.14. The number of amides is 1. The third kappa shape index (κ3) is 1.60. The highest BCUT2D eigenvalue weighted by molar-refractivity contribution is 5.88. The van der Waals surface area contributed by atoms with E-state index in [2.05, 4.69) is 24.9 Å². The van der Waals surface area contributed by atoms with Crippen LogP contribution in [0.3, 0.4) is 0 Å². The SMILES string of the molecule is CC[C@@]1(C)OC(=O)N2CCc3c([nH]c4ccc(OC)cc34)[C@@]21C. The fourth-order valence-corrected chi connectivity index (χ4v) is 4.20. The molecule has 2 atom stereocenters. The van der Waals surface area contributed by atoms with Crippen LogP contribution in [0.5, 0.6) is 5.75 Å². The Bertz CT molecular complexity index is 812. The van der Waals surface area contributed by atoms with E-state index in [9.17, 15) is 4.79 Å². The van der Waals surface area contributed by atoms with E-state index in [1.54, 1.807) is 7.11 Å². The molecule has 2 aliphatic rings. The maximum absolute atomic E-state index is 12.4. The van der Waals surface area contributed by atoms with Crippen LogP contribution in [0.25, 0.3) is 10.9 Å². The third-order valence-electron chi connectivity index (χ3n) is 5.96. The van der Waals surface area contributed by atoms with Crippen LogP contribution in [0, 0.1) is 0 Å². The van der Waals surface area contributed by atoms with Gasteiger partial charge in [-0.3, -0.25) is 4.90 Å². The molecule has 1 aromatic heterocycles. The van der Waals surface area contributed by atoms with Crippen molar-refractivity contribution < 1.29 is 14.3 Å². The number of fused-ring (bicyclic) bond motifs is 5. The first-order chi connectivity index (χ1) is 10.9. The van der Waals surface area contributed by atoms with Crippen LogP contribution in [0.4, 0.5) is 4.79 Å². The van der Waals surface area contributed by atoms with Crippen LogP contribution in [0.2, 0.25) is 0 Å². The molecule has 0 bridgehead atoms. The van der Waals surface area contributed by atoms with Gasteiger partial charge in [-0.2, -0.15) is 0 Å². The predicted molar refractivity (Wildman–Crippen MR) is 87.8 cm³/mol. The number of hydrogen-bond donors (Lipinski definition) is 1. The third-order valence-corrected chi connectivity index (χ3v) is 5.96. The zero-order valence-electron chi connectivity index (χ0n) is 14.0. The zero-order chi connectivity index (χ0) is 16.4. The number of nitrogens with zero attached hydrogens (tertiary/aromatic N) is 1. The van der Waals surface area contributed by atoms with Gasteiger partial charge in [-0.25, -0.2) is 4.79 Å². The fourth-order valence-electron chi connectivity index (χ4n) is 4.20. The lowest BCUT2D eigenvalue weighted by molar-refractivity contribution is -0.00297. The van der Waals surface area contributed by atoms with Gasteiger partial charge in [0.05, 0.1) is 7.11 Å². The van der Waals surface area contributed by atoms with Crippen molar-refractivity contribution >= 4 is 17.0 Å². The summed E-state index contributed by atoms with van der Waals surface area (Å²) in [4.78, 5) is 17.8. The van der Waals surface area contributed by atoms with Gasteiger partial charge >= 0.3 is 6.09 Å². The highest BCUT2D eigenvalue weighted by Gasteiger charge is 2.62. The predicted octanol–water partition coefficient (Wildman–Crippen LogP) is 3.57. The van der Waals surface area contributed by atoms with Crippen molar-refractivity contribution in [2.24, 2.45) is 0 Å². The number of ether oxygens (including phenoxy) is 2. The molecule has 122 valence electrons. The van der Waals surface area contributed by atoms with E-state index in [4.69, 9.17) is 9.47 Å². The zero-order valence-corrected chi connectivity index (χ0v) is 14.0. The fraction of sp³-hybridized carbons (Fsp3) is 0.500. The molecule has 4 rings (SSSR count). The smallest absolute Gasteiger partial charge is 0.411 e. The second-order valence-corrected chi connectivity index (χ2v) is 6.82. The summed E-state index contributed by atoms with van der Waals surface area (Å²) in [6.45, 7) is 6.90. The van der Waals surface area contributed by atoms with Crippen LogP contribution in [0.1, 0.15) is 38.4 Å². The van der Waals surface area contributed by atoms with Crippen molar-refractivity contribution in [3.8, 4) is 5.75 Å². The van der Waals surface area contributed by atoms with Crippen molar-refractivity contribution in [1.29, 1.82) is 0 Å². The van der Waals surface area contributed by atoms with Crippen molar-refractivity contribution in [3.63, 3.8) is 0 Å². The van der Waals surface area contributed by atoms with Gasteiger partial charge < -0.3 is 14.5 Å². The molecule has 0 spiro atoms. The Morgan fingerprint density at radius 2 is 2.17 bits per heavy atom. The molecule has 1 amide bonds. The summed E-state index contributed by atoms with van der Waals surface area (Å²) in [6.07, 6.45) is 1.38. The van der Waals surface area contributed by atoms with Crippen LogP contribution >= 0.6 is 0 Å². The Kier molecular flexibility index (Phi) is 2.78. The molecule has 1 fully saturated rings. The molecule has 1 aromatic carbocycles. The molecule has 5 nitrogen and oxygen atoms in total. The lowest BCUT2D eigenvalue weighted by atomic mass is 9.74. The van der Waals surface area contributed by atoms with Crippen molar-refractivity contribution in [1.82, 2.24) is 9.88 Å². The van der Waals surface area contributed by atoms with Gasteiger partial charge in [-0.15, -0.1) is 0 Å². The molecule has 1 saturated heterocycles. The summed E-state index contributed by atoms with van der Waals surface area (Å²) in [5.41, 5.74) is 2.44.